The molecular weight excluding hydrogens is 434 g/mol. The first-order valence-corrected chi connectivity index (χ1v) is 11.2. The lowest BCUT2D eigenvalue weighted by molar-refractivity contribution is -0.117. The molecule has 2 N–H and O–H groups in total. The molecule has 1 aromatic heterocycles. The van der Waals surface area contributed by atoms with E-state index in [-0.39, 0.29) is 17.6 Å². The van der Waals surface area contributed by atoms with Gasteiger partial charge >= 0.3 is 0 Å². The van der Waals surface area contributed by atoms with Crippen molar-refractivity contribution in [3.05, 3.63) is 59.4 Å². The lowest BCUT2D eigenvalue weighted by Crippen LogP contribution is -2.15. The van der Waals surface area contributed by atoms with Gasteiger partial charge in [-0.15, -0.1) is 10.2 Å². The fraction of sp³-hybridized carbons (Fsp3) is 0.273. The number of anilines is 2. The van der Waals surface area contributed by atoms with Crippen LogP contribution < -0.4 is 10.6 Å². The molecule has 0 aliphatic carbocycles. The van der Waals surface area contributed by atoms with E-state index in [1.165, 1.54) is 11.8 Å². The quantitative estimate of drug-likeness (QED) is 0.467. The van der Waals surface area contributed by atoms with Crippen LogP contribution in [0.2, 0.25) is 5.02 Å². The van der Waals surface area contributed by atoms with Gasteiger partial charge in [0, 0.05) is 22.8 Å². The van der Waals surface area contributed by atoms with E-state index in [4.69, 9.17) is 11.6 Å². The molecule has 0 fully saturated rings. The first-order chi connectivity index (χ1) is 14.8. The summed E-state index contributed by atoms with van der Waals surface area (Å²) in [6.07, 6.45) is 2.06. The minimum Gasteiger partial charge on any atom is -0.326 e. The Hall–Kier alpha value is -2.84. The standard InChI is InChI=1S/C22H24ClN5O2S/c1-14(2)10-20(29)25-16-5-7-17(8-6-16)26-21(30)12-31-22-27-24-13-28(22)18-9-4-15(3)19(23)11-18/h4-9,11,13-14H,10,12H2,1-3H3,(H,25,29)(H,26,30). The van der Waals surface area contributed by atoms with E-state index in [1.54, 1.807) is 35.2 Å². The van der Waals surface area contributed by atoms with E-state index < -0.39 is 0 Å². The molecule has 0 unspecified atom stereocenters. The van der Waals surface area contributed by atoms with E-state index in [2.05, 4.69) is 20.8 Å². The van der Waals surface area contributed by atoms with E-state index in [1.807, 2.05) is 39.0 Å². The molecule has 0 bridgehead atoms. The van der Waals surface area contributed by atoms with Crippen molar-refractivity contribution in [2.75, 3.05) is 16.4 Å². The van der Waals surface area contributed by atoms with Crippen molar-refractivity contribution < 1.29 is 9.59 Å². The Morgan fingerprint density at radius 1 is 1.06 bits per heavy atom. The van der Waals surface area contributed by atoms with Crippen LogP contribution in [0.15, 0.2) is 53.9 Å². The van der Waals surface area contributed by atoms with Crippen molar-refractivity contribution in [2.45, 2.75) is 32.3 Å². The number of aryl methyl sites for hydroxylation is 1. The highest BCUT2D eigenvalue weighted by Crippen LogP contribution is 2.24. The van der Waals surface area contributed by atoms with Crippen LogP contribution in [0.25, 0.3) is 5.69 Å². The van der Waals surface area contributed by atoms with Gasteiger partial charge in [0.25, 0.3) is 0 Å². The largest absolute Gasteiger partial charge is 0.326 e. The second-order valence-electron chi connectivity index (χ2n) is 7.48. The molecule has 0 saturated carbocycles. The van der Waals surface area contributed by atoms with Gasteiger partial charge in [-0.25, -0.2) is 0 Å². The van der Waals surface area contributed by atoms with Gasteiger partial charge in [0.05, 0.1) is 11.4 Å². The Bertz CT molecular complexity index is 1070. The van der Waals surface area contributed by atoms with Crippen LogP contribution in [0.3, 0.4) is 0 Å². The molecule has 0 radical (unpaired) electrons. The summed E-state index contributed by atoms with van der Waals surface area (Å²) < 4.78 is 1.79. The van der Waals surface area contributed by atoms with Crippen LogP contribution in [-0.2, 0) is 9.59 Å². The maximum Gasteiger partial charge on any atom is 0.234 e. The van der Waals surface area contributed by atoms with Crippen LogP contribution in [0.5, 0.6) is 0 Å². The van der Waals surface area contributed by atoms with Gasteiger partial charge in [-0.3, -0.25) is 14.2 Å². The second-order valence-corrected chi connectivity index (χ2v) is 8.83. The van der Waals surface area contributed by atoms with Crippen molar-refractivity contribution >= 4 is 46.6 Å². The molecule has 2 amide bonds. The number of hydrogen-bond acceptors (Lipinski definition) is 5. The van der Waals surface area contributed by atoms with Gasteiger partial charge in [0.2, 0.25) is 11.8 Å². The Labute approximate surface area is 190 Å². The monoisotopic (exact) mass is 457 g/mol. The maximum atomic E-state index is 12.4. The van der Waals surface area contributed by atoms with Crippen LogP contribution in [0.4, 0.5) is 11.4 Å². The first kappa shape index (κ1) is 22.8. The second kappa shape index (κ2) is 10.5. The summed E-state index contributed by atoms with van der Waals surface area (Å²) in [6.45, 7) is 5.92. The van der Waals surface area contributed by atoms with E-state index >= 15 is 0 Å². The fourth-order valence-electron chi connectivity index (χ4n) is 2.78. The van der Waals surface area contributed by atoms with E-state index in [0.717, 1.165) is 11.3 Å². The zero-order valence-electron chi connectivity index (χ0n) is 17.6. The highest BCUT2D eigenvalue weighted by atomic mass is 35.5. The summed E-state index contributed by atoms with van der Waals surface area (Å²) in [7, 11) is 0. The lowest BCUT2D eigenvalue weighted by atomic mass is 10.1. The molecule has 1 heterocycles. The number of rotatable bonds is 8. The number of halogens is 1. The highest BCUT2D eigenvalue weighted by Gasteiger charge is 2.12. The predicted molar refractivity (Wildman–Crippen MR) is 125 cm³/mol. The zero-order chi connectivity index (χ0) is 22.4. The Kier molecular flexibility index (Phi) is 7.70. The van der Waals surface area contributed by atoms with Crippen molar-refractivity contribution in [1.29, 1.82) is 0 Å². The number of nitrogens with zero attached hydrogens (tertiary/aromatic N) is 3. The van der Waals surface area contributed by atoms with Crippen LogP contribution in [0.1, 0.15) is 25.8 Å². The normalized spacial score (nSPS) is 10.9. The van der Waals surface area contributed by atoms with Gasteiger partial charge in [-0.1, -0.05) is 43.3 Å². The molecule has 3 rings (SSSR count). The van der Waals surface area contributed by atoms with Gasteiger partial charge < -0.3 is 10.6 Å². The van der Waals surface area contributed by atoms with Gasteiger partial charge in [-0.05, 0) is 54.8 Å². The van der Waals surface area contributed by atoms with Crippen molar-refractivity contribution in [1.82, 2.24) is 14.8 Å². The molecule has 162 valence electrons. The molecule has 0 aliphatic rings. The van der Waals surface area contributed by atoms with Crippen LogP contribution >= 0.6 is 23.4 Å². The van der Waals surface area contributed by atoms with Gasteiger partial charge in [-0.2, -0.15) is 0 Å². The fourth-order valence-corrected chi connectivity index (χ4v) is 3.68. The van der Waals surface area contributed by atoms with Crippen molar-refractivity contribution in [3.63, 3.8) is 0 Å². The van der Waals surface area contributed by atoms with Crippen LogP contribution in [-0.4, -0.2) is 32.3 Å². The molecule has 0 saturated heterocycles. The third kappa shape index (κ3) is 6.57. The Morgan fingerprint density at radius 3 is 2.32 bits per heavy atom. The SMILES string of the molecule is Cc1ccc(-n2cnnc2SCC(=O)Nc2ccc(NC(=O)CC(C)C)cc2)cc1Cl. The molecule has 7 nitrogen and oxygen atoms in total. The summed E-state index contributed by atoms with van der Waals surface area (Å²) in [5.74, 6) is 0.274. The third-order valence-electron chi connectivity index (χ3n) is 4.33. The Morgan fingerprint density at radius 2 is 1.71 bits per heavy atom. The molecule has 3 aromatic rings. The average Bonchev–Trinajstić information content (AvgIpc) is 3.18. The number of carbonyl (C=O) groups is 2. The lowest BCUT2D eigenvalue weighted by Gasteiger charge is -2.10. The van der Waals surface area contributed by atoms with E-state index in [9.17, 15) is 9.59 Å². The number of amides is 2. The molecule has 0 spiro atoms. The smallest absolute Gasteiger partial charge is 0.234 e. The maximum absolute atomic E-state index is 12.4. The Balaban J connectivity index is 1.55. The third-order valence-corrected chi connectivity index (χ3v) is 5.68. The highest BCUT2D eigenvalue weighted by molar-refractivity contribution is 7.99. The molecule has 9 heteroatoms. The van der Waals surface area contributed by atoms with Gasteiger partial charge in [0.1, 0.15) is 6.33 Å². The number of nitrogens with one attached hydrogen (secondary N) is 2. The minimum atomic E-state index is -0.168. The summed E-state index contributed by atoms with van der Waals surface area (Å²) in [6, 6.07) is 12.7. The number of hydrogen-bond donors (Lipinski definition) is 2. The minimum absolute atomic E-state index is 0.0258. The number of thioether (sulfide) groups is 1. The van der Waals surface area contributed by atoms with E-state index in [0.29, 0.717) is 33.9 Å². The molecule has 0 aliphatic heterocycles. The molecule has 2 aromatic carbocycles. The summed E-state index contributed by atoms with van der Waals surface area (Å²) >= 11 is 7.49. The summed E-state index contributed by atoms with van der Waals surface area (Å²) in [5, 5.41) is 15.0. The first-order valence-electron chi connectivity index (χ1n) is 9.81. The van der Waals surface area contributed by atoms with Crippen LogP contribution in [0, 0.1) is 12.8 Å². The average molecular weight is 458 g/mol. The number of aromatic nitrogens is 3. The van der Waals surface area contributed by atoms with Crippen molar-refractivity contribution in [2.24, 2.45) is 5.92 Å². The molecule has 0 atom stereocenters. The topological polar surface area (TPSA) is 88.9 Å². The number of benzene rings is 2. The molecule has 31 heavy (non-hydrogen) atoms. The summed E-state index contributed by atoms with van der Waals surface area (Å²) in [4.78, 5) is 24.2. The number of carbonyl (C=O) groups excluding carboxylic acids is 2. The summed E-state index contributed by atoms with van der Waals surface area (Å²) in [5.41, 5.74) is 3.17. The zero-order valence-corrected chi connectivity index (χ0v) is 19.1. The van der Waals surface area contributed by atoms with Crippen molar-refractivity contribution in [3.8, 4) is 5.69 Å². The van der Waals surface area contributed by atoms with Gasteiger partial charge in [0.15, 0.2) is 5.16 Å². The predicted octanol–water partition coefficient (Wildman–Crippen LogP) is 4.94. The molecular formula is C22H24ClN5O2S.